The number of aromatic nitrogens is 1. The molecule has 1 aromatic carbocycles. The van der Waals surface area contributed by atoms with E-state index < -0.39 is 6.04 Å². The van der Waals surface area contributed by atoms with Crippen molar-refractivity contribution in [1.82, 2.24) is 15.6 Å². The van der Waals surface area contributed by atoms with E-state index in [9.17, 15) is 9.59 Å². The highest BCUT2D eigenvalue weighted by Gasteiger charge is 2.25. The van der Waals surface area contributed by atoms with Gasteiger partial charge in [0.2, 0.25) is 5.91 Å². The number of carbonyl (C=O) groups excluding carboxylic acids is 2. The molecule has 0 radical (unpaired) electrons. The Morgan fingerprint density at radius 3 is 2.35 bits per heavy atom. The lowest BCUT2D eigenvalue weighted by Gasteiger charge is -2.36. The first-order valence-electron chi connectivity index (χ1n) is 10.8. The van der Waals surface area contributed by atoms with E-state index in [1.54, 1.807) is 30.5 Å². The number of carbonyl (C=O) groups is 2. The highest BCUT2D eigenvalue weighted by atomic mass is 16.5. The van der Waals surface area contributed by atoms with E-state index in [2.05, 4.69) is 34.4 Å². The first kappa shape index (κ1) is 22.7. The predicted molar refractivity (Wildman–Crippen MR) is 121 cm³/mol. The normalized spacial score (nSPS) is 19.7. The predicted octanol–water partition coefficient (Wildman–Crippen LogP) is 2.77. The number of hydrogen-bond acceptors (Lipinski definition) is 5. The topological polar surface area (TPSA) is 83.6 Å². The number of nitrogens with zero attached hydrogens (tertiary/aromatic N) is 2. The lowest BCUT2D eigenvalue weighted by Crippen LogP contribution is -2.49. The fraction of sp³-hybridized carbons (Fsp3) is 0.458. The molecule has 0 saturated carbocycles. The Morgan fingerprint density at radius 1 is 1.10 bits per heavy atom. The molecule has 1 aliphatic rings. The molecule has 3 atom stereocenters. The first-order valence-corrected chi connectivity index (χ1v) is 10.8. The van der Waals surface area contributed by atoms with E-state index in [0.717, 1.165) is 24.5 Å². The number of hydrogen-bond donors (Lipinski definition) is 2. The summed E-state index contributed by atoms with van der Waals surface area (Å²) in [6.45, 7) is 9.93. The summed E-state index contributed by atoms with van der Waals surface area (Å²) in [5.41, 5.74) is 1.44. The number of anilines is 1. The van der Waals surface area contributed by atoms with Crippen LogP contribution in [0.1, 0.15) is 43.6 Å². The molecule has 3 rings (SSSR count). The SMILES string of the molecule is CC(C)[C@@H](NC(=O)c1ccccc1)C(=O)NCc1ccc(N2C[C@@H](C)O[C@@H](C)C2)nc1. The van der Waals surface area contributed by atoms with Gasteiger partial charge < -0.3 is 20.3 Å². The minimum absolute atomic E-state index is 0.0431. The van der Waals surface area contributed by atoms with Crippen LogP contribution in [0.4, 0.5) is 5.82 Å². The van der Waals surface area contributed by atoms with Crippen molar-refractivity contribution in [3.8, 4) is 0 Å². The molecule has 2 amide bonds. The average molecular weight is 425 g/mol. The van der Waals surface area contributed by atoms with Gasteiger partial charge in [0.15, 0.2) is 0 Å². The summed E-state index contributed by atoms with van der Waals surface area (Å²) in [5.74, 6) is 0.402. The third-order valence-electron chi connectivity index (χ3n) is 5.29. The highest BCUT2D eigenvalue weighted by Crippen LogP contribution is 2.18. The van der Waals surface area contributed by atoms with Gasteiger partial charge >= 0.3 is 0 Å². The molecule has 0 aliphatic carbocycles. The van der Waals surface area contributed by atoms with E-state index in [4.69, 9.17) is 4.74 Å². The van der Waals surface area contributed by atoms with Crippen molar-refractivity contribution in [1.29, 1.82) is 0 Å². The number of rotatable bonds is 7. The van der Waals surface area contributed by atoms with Crippen LogP contribution in [0, 0.1) is 5.92 Å². The molecule has 1 saturated heterocycles. The van der Waals surface area contributed by atoms with Gasteiger partial charge in [-0.3, -0.25) is 9.59 Å². The molecule has 2 N–H and O–H groups in total. The maximum Gasteiger partial charge on any atom is 0.251 e. The van der Waals surface area contributed by atoms with Gasteiger partial charge in [0.05, 0.1) is 12.2 Å². The second-order valence-corrected chi connectivity index (χ2v) is 8.47. The Kier molecular flexibility index (Phi) is 7.63. The standard InChI is InChI=1S/C24H32N4O3/c1-16(2)22(27-23(29)20-8-6-5-7-9-20)24(30)26-13-19-10-11-21(25-12-19)28-14-17(3)31-18(4)15-28/h5-12,16-18,22H,13-15H2,1-4H3,(H,26,30)(H,27,29)/t17-,18+,22-/m1/s1. The van der Waals surface area contributed by atoms with Crippen LogP contribution in [-0.2, 0) is 16.1 Å². The summed E-state index contributed by atoms with van der Waals surface area (Å²) in [6.07, 6.45) is 2.13. The Morgan fingerprint density at radius 2 is 1.77 bits per heavy atom. The fourth-order valence-electron chi connectivity index (χ4n) is 3.72. The third-order valence-corrected chi connectivity index (χ3v) is 5.29. The molecule has 166 valence electrons. The second-order valence-electron chi connectivity index (χ2n) is 8.47. The van der Waals surface area contributed by atoms with Gasteiger partial charge in [-0.05, 0) is 43.5 Å². The molecule has 1 aromatic heterocycles. The minimum Gasteiger partial charge on any atom is -0.372 e. The lowest BCUT2D eigenvalue weighted by atomic mass is 10.0. The number of benzene rings is 1. The summed E-state index contributed by atoms with van der Waals surface area (Å²) in [6, 6.07) is 12.2. The zero-order chi connectivity index (χ0) is 22.4. The maximum atomic E-state index is 12.7. The van der Waals surface area contributed by atoms with Crippen molar-refractivity contribution in [2.24, 2.45) is 5.92 Å². The van der Waals surface area contributed by atoms with Crippen molar-refractivity contribution in [3.05, 3.63) is 59.8 Å². The molecule has 2 heterocycles. The summed E-state index contributed by atoms with van der Waals surface area (Å²) in [7, 11) is 0. The zero-order valence-corrected chi connectivity index (χ0v) is 18.7. The molecule has 0 bridgehead atoms. The third kappa shape index (κ3) is 6.28. The summed E-state index contributed by atoms with van der Waals surface area (Å²) in [5, 5.41) is 5.77. The van der Waals surface area contributed by atoms with Crippen molar-refractivity contribution >= 4 is 17.6 Å². The smallest absolute Gasteiger partial charge is 0.251 e. The van der Waals surface area contributed by atoms with Crippen molar-refractivity contribution in [3.63, 3.8) is 0 Å². The fourth-order valence-corrected chi connectivity index (χ4v) is 3.72. The van der Waals surface area contributed by atoms with Crippen LogP contribution in [0.5, 0.6) is 0 Å². The summed E-state index contributed by atoms with van der Waals surface area (Å²) < 4.78 is 5.78. The van der Waals surface area contributed by atoms with Gasteiger partial charge in [0.25, 0.3) is 5.91 Å². The monoisotopic (exact) mass is 424 g/mol. The molecule has 0 unspecified atom stereocenters. The van der Waals surface area contributed by atoms with E-state index in [1.165, 1.54) is 0 Å². The molecule has 2 aromatic rings. The van der Waals surface area contributed by atoms with Crippen LogP contribution in [0.15, 0.2) is 48.7 Å². The van der Waals surface area contributed by atoms with Crippen LogP contribution in [-0.4, -0.2) is 48.1 Å². The number of amides is 2. The highest BCUT2D eigenvalue weighted by molar-refractivity contribution is 5.97. The molecule has 1 fully saturated rings. The molecule has 7 nitrogen and oxygen atoms in total. The van der Waals surface area contributed by atoms with Crippen LogP contribution >= 0.6 is 0 Å². The number of nitrogens with one attached hydrogen (secondary N) is 2. The molecule has 7 heteroatoms. The lowest BCUT2D eigenvalue weighted by molar-refractivity contribution is -0.124. The van der Waals surface area contributed by atoms with Crippen molar-refractivity contribution in [2.45, 2.75) is 52.5 Å². The van der Waals surface area contributed by atoms with E-state index in [-0.39, 0.29) is 29.9 Å². The van der Waals surface area contributed by atoms with Crippen LogP contribution in [0.25, 0.3) is 0 Å². The van der Waals surface area contributed by atoms with E-state index in [1.807, 2.05) is 32.0 Å². The summed E-state index contributed by atoms with van der Waals surface area (Å²) in [4.78, 5) is 32.0. The zero-order valence-electron chi connectivity index (χ0n) is 18.7. The average Bonchev–Trinajstić information content (AvgIpc) is 2.75. The van der Waals surface area contributed by atoms with Crippen LogP contribution < -0.4 is 15.5 Å². The minimum atomic E-state index is -0.615. The molecular formula is C24H32N4O3. The van der Waals surface area contributed by atoms with Crippen LogP contribution in [0.2, 0.25) is 0 Å². The van der Waals surface area contributed by atoms with Crippen molar-refractivity contribution < 1.29 is 14.3 Å². The van der Waals surface area contributed by atoms with Crippen LogP contribution in [0.3, 0.4) is 0 Å². The quantitative estimate of drug-likeness (QED) is 0.714. The molecule has 0 spiro atoms. The Bertz CT molecular complexity index is 860. The van der Waals surface area contributed by atoms with Crippen molar-refractivity contribution in [2.75, 3.05) is 18.0 Å². The van der Waals surface area contributed by atoms with Gasteiger partial charge in [-0.15, -0.1) is 0 Å². The van der Waals surface area contributed by atoms with Gasteiger partial charge in [-0.25, -0.2) is 4.98 Å². The maximum absolute atomic E-state index is 12.7. The van der Waals surface area contributed by atoms with Gasteiger partial charge in [0.1, 0.15) is 11.9 Å². The van der Waals surface area contributed by atoms with Gasteiger partial charge in [0, 0.05) is 31.4 Å². The van der Waals surface area contributed by atoms with Gasteiger partial charge in [-0.1, -0.05) is 38.1 Å². The largest absolute Gasteiger partial charge is 0.372 e. The Hall–Kier alpha value is -2.93. The number of ether oxygens (including phenoxy) is 1. The first-order chi connectivity index (χ1) is 14.8. The summed E-state index contributed by atoms with van der Waals surface area (Å²) >= 11 is 0. The van der Waals surface area contributed by atoms with Gasteiger partial charge in [-0.2, -0.15) is 0 Å². The second kappa shape index (κ2) is 10.4. The molecule has 31 heavy (non-hydrogen) atoms. The van der Waals surface area contributed by atoms with E-state index >= 15 is 0 Å². The Labute approximate surface area is 184 Å². The Balaban J connectivity index is 1.56. The number of pyridine rings is 1. The number of morpholine rings is 1. The van der Waals surface area contributed by atoms with E-state index in [0.29, 0.717) is 12.1 Å². The molecule has 1 aliphatic heterocycles. The molecular weight excluding hydrogens is 392 g/mol.